The zero-order valence-corrected chi connectivity index (χ0v) is 14.4. The molecule has 0 unspecified atom stereocenters. The van der Waals surface area contributed by atoms with Crippen LogP contribution in [0.15, 0.2) is 52.6 Å². The van der Waals surface area contributed by atoms with Gasteiger partial charge in [0.15, 0.2) is 5.82 Å². The third kappa shape index (κ3) is 4.84. The molecule has 0 aliphatic rings. The fourth-order valence-electron chi connectivity index (χ4n) is 2.35. The van der Waals surface area contributed by atoms with Crippen molar-refractivity contribution in [2.45, 2.75) is 19.3 Å². The van der Waals surface area contributed by atoms with E-state index in [4.69, 9.17) is 0 Å². The number of carbonyl (C=O) groups excluding carboxylic acids is 1. The average Bonchev–Trinajstić information content (AvgIpc) is 3.15. The molecule has 0 spiro atoms. The predicted molar refractivity (Wildman–Crippen MR) is 97.4 cm³/mol. The van der Waals surface area contributed by atoms with Gasteiger partial charge in [-0.1, -0.05) is 36.4 Å². The van der Waals surface area contributed by atoms with Gasteiger partial charge in [0.2, 0.25) is 5.91 Å². The molecule has 2 heterocycles. The van der Waals surface area contributed by atoms with Gasteiger partial charge in [-0.25, -0.2) is 0 Å². The van der Waals surface area contributed by atoms with Gasteiger partial charge in [0.25, 0.3) is 5.56 Å². The van der Waals surface area contributed by atoms with Crippen molar-refractivity contribution >= 4 is 17.2 Å². The number of hydrogen-bond donors (Lipinski definition) is 2. The lowest BCUT2D eigenvalue weighted by Crippen LogP contribution is -2.27. The summed E-state index contributed by atoms with van der Waals surface area (Å²) in [6.07, 6.45) is 1.30. The van der Waals surface area contributed by atoms with Crippen LogP contribution in [0.1, 0.15) is 17.0 Å². The first-order valence-electron chi connectivity index (χ1n) is 8.03. The van der Waals surface area contributed by atoms with Crippen LogP contribution in [-0.4, -0.2) is 27.6 Å². The van der Waals surface area contributed by atoms with E-state index in [-0.39, 0.29) is 30.0 Å². The zero-order valence-electron chi connectivity index (χ0n) is 13.6. The predicted octanol–water partition coefficient (Wildman–Crippen LogP) is 2.18. The first-order valence-corrected chi connectivity index (χ1v) is 8.91. The average molecular weight is 354 g/mol. The summed E-state index contributed by atoms with van der Waals surface area (Å²) in [5.41, 5.74) is 0.762. The number of rotatable bonds is 7. The Morgan fingerprint density at radius 3 is 2.64 bits per heavy atom. The third-order valence-corrected chi connectivity index (χ3v) is 4.61. The molecule has 2 aromatic heterocycles. The van der Waals surface area contributed by atoms with Crippen molar-refractivity contribution in [2.24, 2.45) is 0 Å². The van der Waals surface area contributed by atoms with E-state index in [0.717, 1.165) is 12.0 Å². The summed E-state index contributed by atoms with van der Waals surface area (Å²) in [5.74, 6) is 0.333. The van der Waals surface area contributed by atoms with E-state index in [1.807, 2.05) is 47.8 Å². The number of aryl methyl sites for hydroxylation is 1. The summed E-state index contributed by atoms with van der Waals surface area (Å²) in [7, 11) is 0. The molecule has 0 fully saturated rings. The summed E-state index contributed by atoms with van der Waals surface area (Å²) in [4.78, 5) is 27.9. The Morgan fingerprint density at radius 2 is 1.92 bits per heavy atom. The Morgan fingerprint density at radius 1 is 1.08 bits per heavy atom. The fourth-order valence-corrected chi connectivity index (χ4v) is 3.06. The first-order chi connectivity index (χ1) is 12.2. The molecule has 0 aliphatic heterocycles. The highest BCUT2D eigenvalue weighted by Crippen LogP contribution is 2.11. The van der Waals surface area contributed by atoms with Crippen LogP contribution in [-0.2, 0) is 17.6 Å². The van der Waals surface area contributed by atoms with Crippen LogP contribution in [0.3, 0.4) is 0 Å². The third-order valence-electron chi connectivity index (χ3n) is 3.67. The van der Waals surface area contributed by atoms with Crippen LogP contribution < -0.4 is 10.9 Å². The summed E-state index contributed by atoms with van der Waals surface area (Å²) >= 11 is 1.67. The minimum absolute atomic E-state index is 0.0927. The number of benzene rings is 1. The van der Waals surface area contributed by atoms with Crippen molar-refractivity contribution in [3.8, 4) is 11.4 Å². The van der Waals surface area contributed by atoms with E-state index in [0.29, 0.717) is 12.4 Å². The Bertz CT molecular complexity index is 876. The molecule has 6 nitrogen and oxygen atoms in total. The molecule has 3 aromatic rings. The number of aromatic nitrogens is 3. The summed E-state index contributed by atoms with van der Waals surface area (Å²) < 4.78 is 0. The van der Waals surface area contributed by atoms with E-state index >= 15 is 0 Å². The molecule has 3 rings (SSSR count). The number of hydrogen-bond acceptors (Lipinski definition) is 5. The van der Waals surface area contributed by atoms with Gasteiger partial charge in [-0.05, 0) is 17.9 Å². The standard InChI is InChI=1S/C18H18N4O2S/c23-16(19-11-10-14-7-4-12-25-14)9-8-15-18(24)20-17(22-21-15)13-5-2-1-3-6-13/h1-7,12H,8-11H2,(H,19,23)(H,20,22,24). The van der Waals surface area contributed by atoms with Crippen molar-refractivity contribution in [1.29, 1.82) is 0 Å². The molecule has 2 N–H and O–H groups in total. The summed E-state index contributed by atoms with van der Waals surface area (Å²) in [6, 6.07) is 13.3. The summed E-state index contributed by atoms with van der Waals surface area (Å²) in [6.45, 7) is 0.592. The van der Waals surface area contributed by atoms with Crippen LogP contribution in [0.5, 0.6) is 0 Å². The van der Waals surface area contributed by atoms with Gasteiger partial charge in [-0.3, -0.25) is 9.59 Å². The lowest BCUT2D eigenvalue weighted by Gasteiger charge is -2.04. The quantitative estimate of drug-likeness (QED) is 0.681. The van der Waals surface area contributed by atoms with Gasteiger partial charge in [0.1, 0.15) is 5.69 Å². The molecule has 0 radical (unpaired) electrons. The molecule has 0 saturated heterocycles. The maximum atomic E-state index is 12.1. The SMILES string of the molecule is O=C(CCc1nnc(-c2ccccc2)[nH]c1=O)NCCc1cccs1. The van der Waals surface area contributed by atoms with Crippen LogP contribution in [0.4, 0.5) is 0 Å². The van der Waals surface area contributed by atoms with Crippen LogP contribution >= 0.6 is 11.3 Å². The molecular weight excluding hydrogens is 336 g/mol. The minimum Gasteiger partial charge on any atom is -0.356 e. The van der Waals surface area contributed by atoms with Crippen LogP contribution in [0.2, 0.25) is 0 Å². The van der Waals surface area contributed by atoms with E-state index in [2.05, 4.69) is 20.5 Å². The van der Waals surface area contributed by atoms with Crippen molar-refractivity contribution in [1.82, 2.24) is 20.5 Å². The van der Waals surface area contributed by atoms with Crippen LogP contribution in [0.25, 0.3) is 11.4 Å². The zero-order chi connectivity index (χ0) is 17.5. The molecule has 1 amide bonds. The fraction of sp³-hybridized carbons (Fsp3) is 0.222. The Balaban J connectivity index is 1.51. The van der Waals surface area contributed by atoms with Gasteiger partial charge in [0, 0.05) is 29.8 Å². The number of nitrogens with one attached hydrogen (secondary N) is 2. The van der Waals surface area contributed by atoms with Gasteiger partial charge >= 0.3 is 0 Å². The number of aromatic amines is 1. The molecule has 0 aliphatic carbocycles. The number of thiophene rings is 1. The normalized spacial score (nSPS) is 10.6. The maximum Gasteiger partial charge on any atom is 0.273 e. The number of carbonyl (C=O) groups is 1. The molecule has 0 saturated carbocycles. The maximum absolute atomic E-state index is 12.1. The highest BCUT2D eigenvalue weighted by atomic mass is 32.1. The molecular formula is C18H18N4O2S. The van der Waals surface area contributed by atoms with E-state index in [9.17, 15) is 9.59 Å². The Kier molecular flexibility index (Phi) is 5.69. The lowest BCUT2D eigenvalue weighted by atomic mass is 10.2. The number of nitrogens with zero attached hydrogens (tertiary/aromatic N) is 2. The van der Waals surface area contributed by atoms with Crippen LogP contribution in [0, 0.1) is 0 Å². The smallest absolute Gasteiger partial charge is 0.273 e. The first kappa shape index (κ1) is 17.0. The van der Waals surface area contributed by atoms with Crippen molar-refractivity contribution in [3.05, 3.63) is 68.8 Å². The van der Waals surface area contributed by atoms with E-state index in [1.165, 1.54) is 4.88 Å². The van der Waals surface area contributed by atoms with Gasteiger partial charge in [0.05, 0.1) is 0 Å². The minimum atomic E-state index is -0.305. The Labute approximate surface area is 149 Å². The molecule has 7 heteroatoms. The molecule has 1 aromatic carbocycles. The largest absolute Gasteiger partial charge is 0.356 e. The molecule has 128 valence electrons. The Hall–Kier alpha value is -2.80. The number of amides is 1. The second kappa shape index (κ2) is 8.34. The van der Waals surface area contributed by atoms with E-state index in [1.54, 1.807) is 11.3 Å². The second-order valence-electron chi connectivity index (χ2n) is 5.49. The highest BCUT2D eigenvalue weighted by molar-refractivity contribution is 7.09. The molecule has 0 atom stereocenters. The monoisotopic (exact) mass is 354 g/mol. The van der Waals surface area contributed by atoms with Gasteiger partial charge in [-0.15, -0.1) is 21.5 Å². The van der Waals surface area contributed by atoms with E-state index < -0.39 is 0 Å². The topological polar surface area (TPSA) is 87.7 Å². The van der Waals surface area contributed by atoms with Crippen molar-refractivity contribution in [2.75, 3.05) is 6.54 Å². The molecule has 0 bridgehead atoms. The van der Waals surface area contributed by atoms with Gasteiger partial charge in [-0.2, -0.15) is 0 Å². The van der Waals surface area contributed by atoms with Crippen molar-refractivity contribution < 1.29 is 4.79 Å². The summed E-state index contributed by atoms with van der Waals surface area (Å²) in [5, 5.41) is 12.9. The van der Waals surface area contributed by atoms with Gasteiger partial charge < -0.3 is 10.3 Å². The highest BCUT2D eigenvalue weighted by Gasteiger charge is 2.09. The second-order valence-corrected chi connectivity index (χ2v) is 6.53. The number of H-pyrrole nitrogens is 1. The lowest BCUT2D eigenvalue weighted by molar-refractivity contribution is -0.121. The molecule has 25 heavy (non-hydrogen) atoms. The van der Waals surface area contributed by atoms with Crippen molar-refractivity contribution in [3.63, 3.8) is 0 Å².